The van der Waals surface area contributed by atoms with Crippen molar-refractivity contribution in [3.8, 4) is 0 Å². The van der Waals surface area contributed by atoms with E-state index in [2.05, 4.69) is 20.8 Å². The lowest BCUT2D eigenvalue weighted by molar-refractivity contribution is -0.154. The molecule has 0 radical (unpaired) electrons. The Morgan fingerprint density at radius 1 is 0.422 bits per heavy atom. The van der Waals surface area contributed by atoms with Gasteiger partial charge < -0.3 is 64.2 Å². The Kier molecular flexibility index (Phi) is 24.5. The van der Waals surface area contributed by atoms with Crippen LogP contribution in [0.5, 0.6) is 0 Å². The molecule has 20 atom stereocenters. The first-order chi connectivity index (χ1) is 39.4. The van der Waals surface area contributed by atoms with Gasteiger partial charge in [0.05, 0.1) is 84.9 Å². The first kappa shape index (κ1) is 66.1. The van der Waals surface area contributed by atoms with E-state index < -0.39 is 59.0 Å². The number of unbranched alkanes of at least 4 members (excludes halogenated alkanes) is 1. The van der Waals surface area contributed by atoms with Crippen LogP contribution in [0, 0.1) is 64.6 Å². The molecule has 0 amide bonds. The molecule has 10 rings (SSSR count). The SMILES string of the molecule is CC1CC2OC2CC1CC(CCCC(=O)O)(CC1CC2OC2CC1C)C(=O)O.CC1CC2OC2CC1COC(=O)CCCCC(=O)O.O=C(O)CCCC(CC1CCC2OC2C1)C(=O)O.O=C(O)CCCC(CC1CCC2OC2C1)C(=O)O. The van der Waals surface area contributed by atoms with E-state index in [-0.39, 0.29) is 31.7 Å². The second-order valence-electron chi connectivity index (χ2n) is 26.7. The largest absolute Gasteiger partial charge is 0.481 e. The summed E-state index contributed by atoms with van der Waals surface area (Å²) in [7, 11) is 0. The van der Waals surface area contributed by atoms with E-state index in [4.69, 9.17) is 59.1 Å². The Labute approximate surface area is 487 Å². The molecule has 5 heterocycles. The van der Waals surface area contributed by atoms with Crippen LogP contribution < -0.4 is 0 Å². The molecule has 10 fully saturated rings. The zero-order valence-electron chi connectivity index (χ0n) is 49.1. The first-order valence-electron chi connectivity index (χ1n) is 31.4. The number of hydrogen-bond acceptors (Lipinski definition) is 14. The summed E-state index contributed by atoms with van der Waals surface area (Å²) in [6, 6.07) is 0. The molecule has 7 N–H and O–H groups in total. The predicted octanol–water partition coefficient (Wildman–Crippen LogP) is 9.51. The third kappa shape index (κ3) is 21.8. The topological polar surface area (TPSA) is 350 Å². The average Bonchev–Trinajstić information content (AvgIpc) is 4.40. The molecule has 5 aliphatic heterocycles. The van der Waals surface area contributed by atoms with Crippen molar-refractivity contribution in [2.75, 3.05) is 6.61 Å². The van der Waals surface area contributed by atoms with Crippen LogP contribution in [-0.4, -0.2) is 151 Å². The maximum atomic E-state index is 12.6. The Morgan fingerprint density at radius 3 is 1.17 bits per heavy atom. The van der Waals surface area contributed by atoms with Crippen molar-refractivity contribution in [3.05, 3.63) is 0 Å². The van der Waals surface area contributed by atoms with E-state index in [9.17, 15) is 43.5 Å². The molecule has 0 bridgehead atoms. The number of carbonyl (C=O) groups is 8. The second-order valence-corrected chi connectivity index (χ2v) is 26.7. The minimum absolute atomic E-state index is 0.0388. The van der Waals surface area contributed by atoms with Crippen molar-refractivity contribution in [2.45, 2.75) is 268 Å². The second kappa shape index (κ2) is 30.8. The highest BCUT2D eigenvalue weighted by atomic mass is 16.6. The molecule has 21 nitrogen and oxygen atoms in total. The Bertz CT molecular complexity index is 2100. The molecule has 20 unspecified atom stereocenters. The van der Waals surface area contributed by atoms with Crippen LogP contribution in [0.25, 0.3) is 0 Å². The van der Waals surface area contributed by atoms with Gasteiger partial charge in [-0.15, -0.1) is 0 Å². The minimum atomic E-state index is -0.856. The van der Waals surface area contributed by atoms with E-state index in [1.165, 1.54) is 0 Å². The van der Waals surface area contributed by atoms with Crippen molar-refractivity contribution < 1.29 is 103 Å². The zero-order chi connectivity index (χ0) is 60.1. The Hall–Kier alpha value is -4.44. The molecule has 5 aliphatic carbocycles. The van der Waals surface area contributed by atoms with Crippen molar-refractivity contribution in [3.63, 3.8) is 0 Å². The highest BCUT2D eigenvalue weighted by Gasteiger charge is 2.54. The van der Waals surface area contributed by atoms with Gasteiger partial charge in [-0.1, -0.05) is 20.8 Å². The molecule has 10 aliphatic rings. The number of hydrogen-bond donors (Lipinski definition) is 7. The molecule has 470 valence electrons. The van der Waals surface area contributed by atoms with Gasteiger partial charge in [0.2, 0.25) is 0 Å². The van der Waals surface area contributed by atoms with Gasteiger partial charge in [-0.2, -0.15) is 0 Å². The summed E-state index contributed by atoms with van der Waals surface area (Å²) in [5.74, 6) is -3.29. The lowest BCUT2D eigenvalue weighted by Gasteiger charge is -2.40. The van der Waals surface area contributed by atoms with Gasteiger partial charge in [0.25, 0.3) is 0 Å². The molecule has 0 spiro atoms. The molecule has 0 aromatic carbocycles. The highest BCUT2D eigenvalue weighted by molar-refractivity contribution is 5.75. The van der Waals surface area contributed by atoms with Crippen LogP contribution in [0.15, 0.2) is 0 Å². The van der Waals surface area contributed by atoms with Crippen LogP contribution in [0.3, 0.4) is 0 Å². The molecule has 5 saturated heterocycles. The van der Waals surface area contributed by atoms with E-state index >= 15 is 0 Å². The summed E-state index contributed by atoms with van der Waals surface area (Å²) in [5, 5.41) is 63.4. The summed E-state index contributed by atoms with van der Waals surface area (Å²) >= 11 is 0. The number of carboxylic acid groups (broad SMARTS) is 7. The maximum Gasteiger partial charge on any atom is 0.309 e. The lowest BCUT2D eigenvalue weighted by Crippen LogP contribution is -2.40. The molecule has 5 saturated carbocycles. The molecular formula is C62H96O21. The molecular weight excluding hydrogens is 1080 g/mol. The quantitative estimate of drug-likeness (QED) is 0.0200. The van der Waals surface area contributed by atoms with E-state index in [1.807, 2.05) is 0 Å². The lowest BCUT2D eigenvalue weighted by atomic mass is 9.62. The fraction of sp³-hybridized carbons (Fsp3) is 0.871. The Morgan fingerprint density at radius 2 is 0.771 bits per heavy atom. The highest BCUT2D eigenvalue weighted by Crippen LogP contribution is 2.53. The van der Waals surface area contributed by atoms with Gasteiger partial charge >= 0.3 is 47.8 Å². The van der Waals surface area contributed by atoms with Gasteiger partial charge in [0, 0.05) is 32.1 Å². The average molecular weight is 1180 g/mol. The standard InChI is InChI=1S/C22H34O6.C14H22O5.2C13H20O5/c1-12-6-16-18(27-16)8-14(12)10-22(21(25)26,5-3-4-20(23)24)11-15-9-19-17(28-19)7-13(15)2;1-9-6-11-12(19-11)7-10(9)8-18-14(17)5-3-2-4-13(15)16;2*14-12(15)3-1-2-9(13(16)17)6-8-4-5-10-11(7-8)18-10/h12-19H,3-11H2,1-2H3,(H,23,24)(H,25,26);9-12H,2-8H2,1H3,(H,15,16);2*8-11H,1-7H2,(H,14,15)(H,16,17). The van der Waals surface area contributed by atoms with Crippen LogP contribution >= 0.6 is 0 Å². The molecule has 0 aromatic heterocycles. The van der Waals surface area contributed by atoms with E-state index in [0.717, 1.165) is 77.0 Å². The van der Waals surface area contributed by atoms with Crippen LogP contribution in [0.2, 0.25) is 0 Å². The number of esters is 1. The number of fused-ring (bicyclic) bond motifs is 5. The van der Waals surface area contributed by atoms with Crippen molar-refractivity contribution in [1.82, 2.24) is 0 Å². The van der Waals surface area contributed by atoms with Crippen LogP contribution in [-0.2, 0) is 66.8 Å². The molecule has 21 heteroatoms. The third-order valence-electron chi connectivity index (χ3n) is 20.2. The maximum absolute atomic E-state index is 12.6. The van der Waals surface area contributed by atoms with Gasteiger partial charge in [-0.25, -0.2) is 0 Å². The van der Waals surface area contributed by atoms with Crippen LogP contribution in [0.4, 0.5) is 0 Å². The smallest absolute Gasteiger partial charge is 0.309 e. The summed E-state index contributed by atoms with van der Waals surface area (Å²) in [6.45, 7) is 7.10. The van der Waals surface area contributed by atoms with E-state index in [0.29, 0.717) is 198 Å². The number of epoxide rings is 5. The van der Waals surface area contributed by atoms with Crippen molar-refractivity contribution >= 4 is 47.8 Å². The fourth-order valence-electron chi connectivity index (χ4n) is 14.7. The summed E-state index contributed by atoms with van der Waals surface area (Å²) in [4.78, 5) is 88.7. The number of aliphatic carboxylic acids is 7. The Balaban J connectivity index is 0.000000163. The molecule has 83 heavy (non-hydrogen) atoms. The molecule has 0 aromatic rings. The van der Waals surface area contributed by atoms with Crippen molar-refractivity contribution in [2.24, 2.45) is 64.6 Å². The number of rotatable bonds is 30. The number of ether oxygens (including phenoxy) is 6. The monoisotopic (exact) mass is 1180 g/mol. The fourth-order valence-corrected chi connectivity index (χ4v) is 14.7. The third-order valence-corrected chi connectivity index (χ3v) is 20.2. The van der Waals surface area contributed by atoms with Gasteiger partial charge in [0.15, 0.2) is 0 Å². The van der Waals surface area contributed by atoms with Gasteiger partial charge in [0.1, 0.15) is 0 Å². The number of carbonyl (C=O) groups excluding carboxylic acids is 1. The summed E-state index contributed by atoms with van der Waals surface area (Å²) in [6.07, 6.45) is 23.1. The van der Waals surface area contributed by atoms with Gasteiger partial charge in [-0.3, -0.25) is 38.4 Å². The van der Waals surface area contributed by atoms with Crippen LogP contribution in [0.1, 0.15) is 207 Å². The summed E-state index contributed by atoms with van der Waals surface area (Å²) < 4.78 is 33.1. The normalized spacial score (nSPS) is 35.7. The van der Waals surface area contributed by atoms with Gasteiger partial charge in [-0.05, 0) is 201 Å². The van der Waals surface area contributed by atoms with E-state index in [1.54, 1.807) is 0 Å². The number of carboxylic acids is 7. The minimum Gasteiger partial charge on any atom is -0.481 e. The predicted molar refractivity (Wildman–Crippen MR) is 296 cm³/mol. The van der Waals surface area contributed by atoms with Crippen molar-refractivity contribution in [1.29, 1.82) is 0 Å². The first-order valence-corrected chi connectivity index (χ1v) is 31.4. The zero-order valence-corrected chi connectivity index (χ0v) is 49.1. The summed E-state index contributed by atoms with van der Waals surface area (Å²) in [5.41, 5.74) is -0.837.